The predicted octanol–water partition coefficient (Wildman–Crippen LogP) is 2.65. The van der Waals surface area contributed by atoms with E-state index < -0.39 is 30.7 Å². The number of amides is 2. The van der Waals surface area contributed by atoms with Crippen molar-refractivity contribution in [3.8, 4) is 17.4 Å². The zero-order valence-electron chi connectivity index (χ0n) is 16.2. The minimum atomic E-state index is -4.49. The monoisotopic (exact) mass is 427 g/mol. The number of nitrogens with one attached hydrogen (secondary N) is 2. The highest BCUT2D eigenvalue weighted by atomic mass is 19.4. The van der Waals surface area contributed by atoms with Gasteiger partial charge in [-0.05, 0) is 44.2 Å². The van der Waals surface area contributed by atoms with E-state index in [2.05, 4.69) is 20.6 Å². The van der Waals surface area contributed by atoms with E-state index in [1.54, 1.807) is 24.3 Å². The summed E-state index contributed by atoms with van der Waals surface area (Å²) in [6.45, 7) is 2.38. The fraction of sp³-hybridized carbons (Fsp3) is 0.316. The smallest absolute Gasteiger partial charge is 0.422 e. The average Bonchev–Trinajstić information content (AvgIpc) is 2.71. The molecule has 1 heterocycles. The highest BCUT2D eigenvalue weighted by Crippen LogP contribution is 2.19. The van der Waals surface area contributed by atoms with Gasteiger partial charge in [-0.3, -0.25) is 20.4 Å². The molecule has 0 aliphatic rings. The lowest BCUT2D eigenvalue weighted by molar-refractivity contribution is -0.154. The van der Waals surface area contributed by atoms with Gasteiger partial charge in [-0.25, -0.2) is 4.98 Å². The summed E-state index contributed by atoms with van der Waals surface area (Å²) in [6.07, 6.45) is -4.39. The second-order valence-corrected chi connectivity index (χ2v) is 5.90. The molecule has 2 rings (SSSR count). The molecule has 8 nitrogen and oxygen atoms in total. The number of carbonyl (C=O) groups is 2. The van der Waals surface area contributed by atoms with Crippen LogP contribution >= 0.6 is 0 Å². The molecule has 1 aromatic carbocycles. The summed E-state index contributed by atoms with van der Waals surface area (Å²) in [6, 6.07) is 8.99. The minimum absolute atomic E-state index is 0.00902. The molecule has 0 spiro atoms. The average molecular weight is 427 g/mol. The summed E-state index contributed by atoms with van der Waals surface area (Å²) in [5, 5.41) is 0. The van der Waals surface area contributed by atoms with E-state index in [0.29, 0.717) is 18.1 Å². The molecule has 0 bridgehead atoms. The molecule has 2 amide bonds. The molecule has 30 heavy (non-hydrogen) atoms. The van der Waals surface area contributed by atoms with Gasteiger partial charge in [0.2, 0.25) is 5.88 Å². The van der Waals surface area contributed by atoms with Gasteiger partial charge in [0.25, 0.3) is 11.8 Å². The highest BCUT2D eigenvalue weighted by Gasteiger charge is 2.28. The first kappa shape index (κ1) is 22.8. The van der Waals surface area contributed by atoms with Crippen molar-refractivity contribution in [2.24, 2.45) is 0 Å². The summed E-state index contributed by atoms with van der Waals surface area (Å²) in [5.41, 5.74) is 4.37. The van der Waals surface area contributed by atoms with Crippen LogP contribution in [0.5, 0.6) is 17.4 Å². The van der Waals surface area contributed by atoms with Crippen LogP contribution in [0, 0.1) is 0 Å². The summed E-state index contributed by atoms with van der Waals surface area (Å²) in [4.78, 5) is 27.7. The lowest BCUT2D eigenvalue weighted by Gasteiger charge is -2.15. The van der Waals surface area contributed by atoms with Crippen LogP contribution in [-0.4, -0.2) is 42.3 Å². The minimum Gasteiger partial charge on any atom is -0.494 e. The predicted molar refractivity (Wildman–Crippen MR) is 99.1 cm³/mol. The third kappa shape index (κ3) is 7.49. The Kier molecular flexibility index (Phi) is 7.84. The van der Waals surface area contributed by atoms with Crippen LogP contribution in [0.4, 0.5) is 13.2 Å². The zero-order chi connectivity index (χ0) is 22.1. The largest absolute Gasteiger partial charge is 0.494 e. The maximum absolute atomic E-state index is 12.1. The third-order valence-corrected chi connectivity index (χ3v) is 3.50. The van der Waals surface area contributed by atoms with Crippen LogP contribution in [0.1, 0.15) is 24.2 Å². The Morgan fingerprint density at radius 1 is 1.03 bits per heavy atom. The first-order chi connectivity index (χ1) is 14.2. The topological polar surface area (TPSA) is 98.8 Å². The Labute approximate surface area is 170 Å². The van der Waals surface area contributed by atoms with Crippen molar-refractivity contribution in [2.75, 3.05) is 13.2 Å². The molecule has 2 N–H and O–H groups in total. The van der Waals surface area contributed by atoms with E-state index in [0.717, 1.165) is 12.3 Å². The fourth-order valence-corrected chi connectivity index (χ4v) is 2.09. The number of ether oxygens (including phenoxy) is 3. The van der Waals surface area contributed by atoms with Gasteiger partial charge in [-0.1, -0.05) is 0 Å². The van der Waals surface area contributed by atoms with E-state index in [9.17, 15) is 22.8 Å². The molecule has 2 aromatic rings. The van der Waals surface area contributed by atoms with Crippen molar-refractivity contribution in [3.63, 3.8) is 0 Å². The number of hydrazine groups is 1. The molecule has 0 aliphatic heterocycles. The van der Waals surface area contributed by atoms with Gasteiger partial charge < -0.3 is 14.2 Å². The number of carbonyl (C=O) groups excluding carboxylic acids is 2. The van der Waals surface area contributed by atoms with Crippen molar-refractivity contribution < 1.29 is 37.0 Å². The molecule has 0 fully saturated rings. The normalized spacial score (nSPS) is 11.9. The maximum atomic E-state index is 12.1. The van der Waals surface area contributed by atoms with E-state index in [4.69, 9.17) is 9.47 Å². The summed E-state index contributed by atoms with van der Waals surface area (Å²) in [7, 11) is 0. The van der Waals surface area contributed by atoms with Crippen molar-refractivity contribution in [3.05, 3.63) is 48.2 Å². The lowest BCUT2D eigenvalue weighted by atomic mass is 10.3. The first-order valence-corrected chi connectivity index (χ1v) is 8.83. The number of halogens is 3. The van der Waals surface area contributed by atoms with E-state index >= 15 is 0 Å². The molecule has 0 unspecified atom stereocenters. The van der Waals surface area contributed by atoms with Gasteiger partial charge >= 0.3 is 6.18 Å². The van der Waals surface area contributed by atoms with E-state index in [-0.39, 0.29) is 11.4 Å². The molecule has 1 aromatic heterocycles. The van der Waals surface area contributed by atoms with Crippen LogP contribution in [0.25, 0.3) is 0 Å². The molecule has 0 aliphatic carbocycles. The molecule has 1 atom stereocenters. The van der Waals surface area contributed by atoms with Crippen LogP contribution in [-0.2, 0) is 4.79 Å². The van der Waals surface area contributed by atoms with Crippen molar-refractivity contribution in [1.29, 1.82) is 0 Å². The lowest BCUT2D eigenvalue weighted by Crippen LogP contribution is -2.47. The number of alkyl halides is 3. The third-order valence-electron chi connectivity index (χ3n) is 3.50. The number of hydrogen-bond donors (Lipinski definition) is 2. The van der Waals surface area contributed by atoms with Gasteiger partial charge in [0.15, 0.2) is 12.7 Å². The van der Waals surface area contributed by atoms with E-state index in [1.807, 2.05) is 6.92 Å². The number of rotatable bonds is 8. The Bertz CT molecular complexity index is 842. The van der Waals surface area contributed by atoms with Gasteiger partial charge in [-0.2, -0.15) is 13.2 Å². The highest BCUT2D eigenvalue weighted by molar-refractivity contribution is 5.95. The molecule has 11 heteroatoms. The van der Waals surface area contributed by atoms with Crippen LogP contribution in [0.2, 0.25) is 0 Å². The van der Waals surface area contributed by atoms with Gasteiger partial charge in [0.1, 0.15) is 11.5 Å². The van der Waals surface area contributed by atoms with Crippen molar-refractivity contribution in [1.82, 2.24) is 15.8 Å². The Balaban J connectivity index is 1.80. The summed E-state index contributed by atoms with van der Waals surface area (Å²) >= 11 is 0. The molecule has 0 radical (unpaired) electrons. The number of aromatic nitrogens is 1. The second kappa shape index (κ2) is 10.3. The number of hydrogen-bond acceptors (Lipinski definition) is 6. The number of benzene rings is 1. The molecule has 0 saturated carbocycles. The Morgan fingerprint density at radius 3 is 2.27 bits per heavy atom. The molecular weight excluding hydrogens is 407 g/mol. The maximum Gasteiger partial charge on any atom is 0.422 e. The second-order valence-electron chi connectivity index (χ2n) is 5.90. The van der Waals surface area contributed by atoms with Gasteiger partial charge in [0, 0.05) is 12.3 Å². The summed E-state index contributed by atoms with van der Waals surface area (Å²) < 4.78 is 51.5. The number of pyridine rings is 1. The molecule has 162 valence electrons. The fourth-order valence-electron chi connectivity index (χ4n) is 2.09. The van der Waals surface area contributed by atoms with Crippen molar-refractivity contribution >= 4 is 11.8 Å². The van der Waals surface area contributed by atoms with Crippen LogP contribution in [0.3, 0.4) is 0 Å². The van der Waals surface area contributed by atoms with Crippen LogP contribution in [0.15, 0.2) is 42.6 Å². The summed E-state index contributed by atoms with van der Waals surface area (Å²) in [5.74, 6) is -0.518. The Morgan fingerprint density at radius 2 is 1.70 bits per heavy atom. The molecule has 0 saturated heterocycles. The first-order valence-electron chi connectivity index (χ1n) is 8.83. The number of nitrogens with zero attached hydrogens (tertiary/aromatic N) is 1. The van der Waals surface area contributed by atoms with E-state index in [1.165, 1.54) is 13.0 Å². The Hall–Kier alpha value is -3.50. The van der Waals surface area contributed by atoms with Gasteiger partial charge in [-0.15, -0.1) is 0 Å². The molecular formula is C19H20F3N3O5. The van der Waals surface area contributed by atoms with Gasteiger partial charge in [0.05, 0.1) is 12.2 Å². The standard InChI is InChI=1S/C19H20F3N3O5/c1-3-28-14-5-7-15(8-6-14)30-12(2)17(26)24-25-18(27)13-4-9-16(23-10-13)29-11-19(20,21)22/h4-10,12H,3,11H2,1-2H3,(H,24,26)(H,25,27)/t12-/m0/s1. The van der Waals surface area contributed by atoms with Crippen molar-refractivity contribution in [2.45, 2.75) is 26.1 Å². The SMILES string of the molecule is CCOc1ccc(O[C@@H](C)C(=O)NNC(=O)c2ccc(OCC(F)(F)F)nc2)cc1. The van der Waals surface area contributed by atoms with Crippen LogP contribution < -0.4 is 25.1 Å². The quantitative estimate of drug-likeness (QED) is 0.629. The zero-order valence-corrected chi connectivity index (χ0v) is 16.2.